The third kappa shape index (κ3) is 2.33. The van der Waals surface area contributed by atoms with Gasteiger partial charge in [-0.25, -0.2) is 0 Å². The van der Waals surface area contributed by atoms with Crippen LogP contribution in [0.2, 0.25) is 0 Å². The van der Waals surface area contributed by atoms with Crippen molar-refractivity contribution in [2.75, 3.05) is 7.05 Å². The predicted molar refractivity (Wildman–Crippen MR) is 75.7 cm³/mol. The lowest BCUT2D eigenvalue weighted by Gasteiger charge is -2.36. The highest BCUT2D eigenvalue weighted by Crippen LogP contribution is 2.41. The van der Waals surface area contributed by atoms with Gasteiger partial charge in [-0.2, -0.15) is 5.10 Å². The molecule has 2 rings (SSSR count). The van der Waals surface area contributed by atoms with Crippen LogP contribution in [0.5, 0.6) is 0 Å². The molecular weight excluding hydrogens is 222 g/mol. The molecule has 0 radical (unpaired) electrons. The van der Waals surface area contributed by atoms with Gasteiger partial charge in [0.1, 0.15) is 0 Å². The lowest BCUT2D eigenvalue weighted by atomic mass is 9.74. The first-order chi connectivity index (χ1) is 8.52. The van der Waals surface area contributed by atoms with Gasteiger partial charge in [-0.3, -0.25) is 4.68 Å². The average molecular weight is 249 g/mol. The topological polar surface area (TPSA) is 29.9 Å². The van der Waals surface area contributed by atoms with Gasteiger partial charge in [-0.1, -0.05) is 27.7 Å². The molecule has 0 aliphatic heterocycles. The van der Waals surface area contributed by atoms with Crippen LogP contribution in [-0.4, -0.2) is 16.8 Å². The smallest absolute Gasteiger partial charge is 0.0540 e. The van der Waals surface area contributed by atoms with E-state index in [4.69, 9.17) is 0 Å². The fourth-order valence-corrected chi connectivity index (χ4v) is 3.27. The highest BCUT2D eigenvalue weighted by Gasteiger charge is 2.34. The summed E-state index contributed by atoms with van der Waals surface area (Å²) < 4.78 is 2.29. The Morgan fingerprint density at radius 3 is 2.67 bits per heavy atom. The van der Waals surface area contributed by atoms with Crippen LogP contribution in [-0.2, 0) is 6.42 Å². The molecule has 0 saturated carbocycles. The molecule has 0 fully saturated rings. The van der Waals surface area contributed by atoms with Crippen molar-refractivity contribution in [3.05, 3.63) is 17.5 Å². The van der Waals surface area contributed by atoms with E-state index in [1.165, 1.54) is 17.7 Å². The monoisotopic (exact) mass is 249 g/mol. The van der Waals surface area contributed by atoms with Crippen molar-refractivity contribution in [3.63, 3.8) is 0 Å². The Balaban J connectivity index is 2.41. The molecule has 1 unspecified atom stereocenters. The molecule has 0 spiro atoms. The van der Waals surface area contributed by atoms with Crippen molar-refractivity contribution in [1.29, 1.82) is 0 Å². The summed E-state index contributed by atoms with van der Waals surface area (Å²) in [5, 5.41) is 8.13. The molecule has 0 aromatic carbocycles. The van der Waals surface area contributed by atoms with Gasteiger partial charge in [0, 0.05) is 17.3 Å². The molecule has 3 heteroatoms. The molecule has 1 N–H and O–H groups in total. The van der Waals surface area contributed by atoms with Gasteiger partial charge in [0.05, 0.1) is 12.2 Å². The Morgan fingerprint density at radius 1 is 1.44 bits per heavy atom. The fourth-order valence-electron chi connectivity index (χ4n) is 3.27. The number of fused-ring (bicyclic) bond motifs is 1. The van der Waals surface area contributed by atoms with Gasteiger partial charge in [0.15, 0.2) is 0 Å². The predicted octanol–water partition coefficient (Wildman–Crippen LogP) is 3.48. The first-order valence-electron chi connectivity index (χ1n) is 7.26. The highest BCUT2D eigenvalue weighted by molar-refractivity contribution is 5.27. The number of nitrogens with one attached hydrogen (secondary N) is 1. The van der Waals surface area contributed by atoms with E-state index in [-0.39, 0.29) is 0 Å². The molecule has 1 aromatic heterocycles. The molecule has 1 aliphatic rings. The second-order valence-electron chi connectivity index (χ2n) is 6.35. The molecule has 1 atom stereocenters. The summed E-state index contributed by atoms with van der Waals surface area (Å²) in [5.74, 6) is 0. The third-order valence-corrected chi connectivity index (χ3v) is 4.35. The molecule has 1 aliphatic carbocycles. The zero-order valence-electron chi connectivity index (χ0n) is 12.5. The third-order valence-electron chi connectivity index (χ3n) is 4.35. The largest absolute Gasteiger partial charge is 0.313 e. The molecular formula is C15H27N3. The molecule has 3 nitrogen and oxygen atoms in total. The summed E-state index contributed by atoms with van der Waals surface area (Å²) in [4.78, 5) is 0. The van der Waals surface area contributed by atoms with Gasteiger partial charge in [0.2, 0.25) is 0 Å². The first kappa shape index (κ1) is 13.6. The summed E-state index contributed by atoms with van der Waals surface area (Å²) in [6.45, 7) is 9.24. The molecule has 1 aromatic rings. The second-order valence-corrected chi connectivity index (χ2v) is 6.35. The van der Waals surface area contributed by atoms with E-state index in [0.29, 0.717) is 17.5 Å². The Kier molecular flexibility index (Phi) is 3.81. The lowest BCUT2D eigenvalue weighted by Crippen LogP contribution is -2.32. The number of aromatic nitrogens is 2. The molecule has 18 heavy (non-hydrogen) atoms. The molecule has 0 bridgehead atoms. The van der Waals surface area contributed by atoms with Crippen LogP contribution in [0.25, 0.3) is 0 Å². The van der Waals surface area contributed by atoms with E-state index in [1.54, 1.807) is 0 Å². The van der Waals surface area contributed by atoms with Crippen LogP contribution in [0, 0.1) is 5.41 Å². The van der Waals surface area contributed by atoms with Crippen molar-refractivity contribution in [1.82, 2.24) is 15.1 Å². The Hall–Kier alpha value is -0.830. The summed E-state index contributed by atoms with van der Waals surface area (Å²) in [7, 11) is 2.06. The minimum absolute atomic E-state index is 0.366. The van der Waals surface area contributed by atoms with Gasteiger partial charge >= 0.3 is 0 Å². The van der Waals surface area contributed by atoms with Crippen molar-refractivity contribution < 1.29 is 0 Å². The maximum atomic E-state index is 4.68. The number of rotatable bonds is 4. The number of nitrogens with zero attached hydrogens (tertiary/aromatic N) is 2. The van der Waals surface area contributed by atoms with Gasteiger partial charge in [-0.15, -0.1) is 0 Å². The van der Waals surface area contributed by atoms with Crippen molar-refractivity contribution in [2.24, 2.45) is 5.41 Å². The van der Waals surface area contributed by atoms with Crippen molar-refractivity contribution >= 4 is 0 Å². The van der Waals surface area contributed by atoms with Crippen LogP contribution < -0.4 is 5.32 Å². The second kappa shape index (κ2) is 5.04. The van der Waals surface area contributed by atoms with E-state index < -0.39 is 0 Å². The SMILES string of the molecule is CCC(CC)n1ncc2c1CC(C)(C)CC2NC. The number of hydrogen-bond acceptors (Lipinski definition) is 2. The zero-order valence-corrected chi connectivity index (χ0v) is 12.5. The standard InChI is InChI=1S/C15H27N3/c1-6-11(7-2)18-14-9-15(3,4)8-13(16-5)12(14)10-17-18/h10-11,13,16H,6-9H2,1-5H3. The van der Waals surface area contributed by atoms with Gasteiger partial charge in [-0.05, 0) is 38.1 Å². The highest BCUT2D eigenvalue weighted by atomic mass is 15.3. The fraction of sp³-hybridized carbons (Fsp3) is 0.800. The minimum Gasteiger partial charge on any atom is -0.313 e. The quantitative estimate of drug-likeness (QED) is 0.885. The van der Waals surface area contributed by atoms with Crippen LogP contribution >= 0.6 is 0 Å². The Bertz CT molecular complexity index is 402. The van der Waals surface area contributed by atoms with E-state index in [0.717, 1.165) is 19.3 Å². The van der Waals surface area contributed by atoms with Crippen LogP contribution in [0.3, 0.4) is 0 Å². The maximum absolute atomic E-state index is 4.68. The minimum atomic E-state index is 0.366. The molecule has 1 heterocycles. The summed E-state index contributed by atoms with van der Waals surface area (Å²) in [6.07, 6.45) is 6.76. The summed E-state index contributed by atoms with van der Waals surface area (Å²) in [5.41, 5.74) is 3.24. The zero-order chi connectivity index (χ0) is 13.3. The molecule has 0 saturated heterocycles. The lowest BCUT2D eigenvalue weighted by molar-refractivity contribution is 0.251. The van der Waals surface area contributed by atoms with Gasteiger partial charge in [0.25, 0.3) is 0 Å². The van der Waals surface area contributed by atoms with Crippen LogP contribution in [0.4, 0.5) is 0 Å². The molecule has 0 amide bonds. The maximum Gasteiger partial charge on any atom is 0.0540 e. The average Bonchev–Trinajstić information content (AvgIpc) is 2.72. The van der Waals surface area contributed by atoms with Crippen LogP contribution in [0.1, 0.15) is 70.3 Å². The van der Waals surface area contributed by atoms with Gasteiger partial charge < -0.3 is 5.32 Å². The first-order valence-corrected chi connectivity index (χ1v) is 7.26. The van der Waals surface area contributed by atoms with Crippen molar-refractivity contribution in [2.45, 2.75) is 65.5 Å². The van der Waals surface area contributed by atoms with Crippen LogP contribution in [0.15, 0.2) is 6.20 Å². The Morgan fingerprint density at radius 2 is 2.11 bits per heavy atom. The van der Waals surface area contributed by atoms with E-state index in [2.05, 4.69) is 56.0 Å². The molecule has 102 valence electrons. The summed E-state index contributed by atoms with van der Waals surface area (Å²) in [6, 6.07) is 1.02. The summed E-state index contributed by atoms with van der Waals surface area (Å²) >= 11 is 0. The van der Waals surface area contributed by atoms with Crippen molar-refractivity contribution in [3.8, 4) is 0 Å². The number of hydrogen-bond donors (Lipinski definition) is 1. The van der Waals surface area contributed by atoms with E-state index in [1.807, 2.05) is 0 Å². The van der Waals surface area contributed by atoms with E-state index in [9.17, 15) is 0 Å². The Labute approximate surface area is 111 Å². The normalized spacial score (nSPS) is 22.2. The van der Waals surface area contributed by atoms with E-state index >= 15 is 0 Å².